The van der Waals surface area contributed by atoms with Crippen molar-refractivity contribution in [1.29, 1.82) is 0 Å². The second-order valence-corrected chi connectivity index (χ2v) is 3.19. The lowest BCUT2D eigenvalue weighted by Gasteiger charge is -2.24. The van der Waals surface area contributed by atoms with Crippen LogP contribution in [-0.2, 0) is 9.53 Å². The summed E-state index contributed by atoms with van der Waals surface area (Å²) < 4.78 is 4.87. The lowest BCUT2D eigenvalue weighted by Crippen LogP contribution is -2.35. The van der Waals surface area contributed by atoms with Gasteiger partial charge in [-0.25, -0.2) is 0 Å². The standard InChI is InChI=1S/C10H21NO2/c1-5-9(6-2)11(4)8-10(12)13-7-3/h9H,5-8H2,1-4H3. The van der Waals surface area contributed by atoms with Crippen LogP contribution in [0.2, 0.25) is 0 Å². The van der Waals surface area contributed by atoms with Gasteiger partial charge in [0.25, 0.3) is 0 Å². The van der Waals surface area contributed by atoms with Crippen LogP contribution < -0.4 is 0 Å². The van der Waals surface area contributed by atoms with Gasteiger partial charge in [0.05, 0.1) is 13.2 Å². The molecule has 0 aromatic heterocycles. The lowest BCUT2D eigenvalue weighted by atomic mass is 10.1. The molecule has 3 heteroatoms. The summed E-state index contributed by atoms with van der Waals surface area (Å²) >= 11 is 0. The number of ether oxygens (including phenoxy) is 1. The zero-order chi connectivity index (χ0) is 10.3. The van der Waals surface area contributed by atoms with Crippen LogP contribution in [0, 0.1) is 0 Å². The molecule has 0 aromatic carbocycles. The van der Waals surface area contributed by atoms with Gasteiger partial charge in [-0.3, -0.25) is 9.69 Å². The summed E-state index contributed by atoms with van der Waals surface area (Å²) in [6, 6.07) is 0.490. The number of rotatable bonds is 6. The molecule has 0 saturated heterocycles. The van der Waals surface area contributed by atoms with E-state index in [-0.39, 0.29) is 5.97 Å². The van der Waals surface area contributed by atoms with E-state index in [1.54, 1.807) is 0 Å². The average Bonchev–Trinajstić information content (AvgIpc) is 2.06. The molecule has 3 nitrogen and oxygen atoms in total. The third-order valence-corrected chi connectivity index (χ3v) is 2.25. The van der Waals surface area contributed by atoms with Crippen molar-refractivity contribution in [2.45, 2.75) is 39.7 Å². The highest BCUT2D eigenvalue weighted by molar-refractivity contribution is 5.71. The smallest absolute Gasteiger partial charge is 0.320 e. The molecule has 0 heterocycles. The quantitative estimate of drug-likeness (QED) is 0.592. The van der Waals surface area contributed by atoms with Crippen molar-refractivity contribution in [3.63, 3.8) is 0 Å². The SMILES string of the molecule is CCOC(=O)CN(C)C(CC)CC. The Morgan fingerprint density at radius 3 is 2.23 bits per heavy atom. The van der Waals surface area contributed by atoms with E-state index in [4.69, 9.17) is 4.74 Å². The summed E-state index contributed by atoms with van der Waals surface area (Å²) in [6.07, 6.45) is 2.15. The van der Waals surface area contributed by atoms with Crippen molar-refractivity contribution in [3.05, 3.63) is 0 Å². The molecular formula is C10H21NO2. The minimum absolute atomic E-state index is 0.128. The van der Waals surface area contributed by atoms with Crippen LogP contribution in [0.3, 0.4) is 0 Å². The highest BCUT2D eigenvalue weighted by atomic mass is 16.5. The number of carbonyl (C=O) groups is 1. The summed E-state index contributed by atoms with van der Waals surface area (Å²) in [5.74, 6) is -0.128. The molecule has 0 unspecified atom stereocenters. The molecule has 0 aliphatic heterocycles. The molecule has 13 heavy (non-hydrogen) atoms. The van der Waals surface area contributed by atoms with Crippen molar-refractivity contribution in [1.82, 2.24) is 4.90 Å². The van der Waals surface area contributed by atoms with Gasteiger partial charge in [-0.1, -0.05) is 13.8 Å². The molecule has 78 valence electrons. The Morgan fingerprint density at radius 2 is 1.85 bits per heavy atom. The fourth-order valence-electron chi connectivity index (χ4n) is 1.45. The molecule has 0 radical (unpaired) electrons. The molecule has 0 N–H and O–H groups in total. The van der Waals surface area contributed by atoms with Crippen molar-refractivity contribution in [2.75, 3.05) is 20.2 Å². The van der Waals surface area contributed by atoms with Gasteiger partial charge in [-0.15, -0.1) is 0 Å². The van der Waals surface area contributed by atoms with Gasteiger partial charge < -0.3 is 4.74 Å². The monoisotopic (exact) mass is 187 g/mol. The first kappa shape index (κ1) is 12.4. The highest BCUT2D eigenvalue weighted by Gasteiger charge is 2.13. The van der Waals surface area contributed by atoms with Crippen LogP contribution in [0.1, 0.15) is 33.6 Å². The molecule has 0 aliphatic carbocycles. The fourth-order valence-corrected chi connectivity index (χ4v) is 1.45. The van der Waals surface area contributed by atoms with E-state index in [0.29, 0.717) is 19.2 Å². The minimum atomic E-state index is -0.128. The van der Waals surface area contributed by atoms with E-state index >= 15 is 0 Å². The van der Waals surface area contributed by atoms with E-state index in [0.717, 1.165) is 12.8 Å². The normalized spacial score (nSPS) is 10.9. The molecule has 0 bridgehead atoms. The van der Waals surface area contributed by atoms with Crippen LogP contribution in [0.25, 0.3) is 0 Å². The predicted molar refractivity (Wildman–Crippen MR) is 53.6 cm³/mol. The number of nitrogens with zero attached hydrogens (tertiary/aromatic N) is 1. The van der Waals surface area contributed by atoms with E-state index in [1.165, 1.54) is 0 Å². The molecule has 0 atom stereocenters. The Bertz CT molecular complexity index is 144. The first-order chi connectivity index (χ1) is 6.15. The minimum Gasteiger partial charge on any atom is -0.465 e. The third-order valence-electron chi connectivity index (χ3n) is 2.25. The Labute approximate surface area is 81.1 Å². The maximum Gasteiger partial charge on any atom is 0.320 e. The van der Waals surface area contributed by atoms with Crippen LogP contribution in [-0.4, -0.2) is 37.1 Å². The summed E-state index contributed by atoms with van der Waals surface area (Å²) in [5, 5.41) is 0. The van der Waals surface area contributed by atoms with Crippen LogP contribution in [0.4, 0.5) is 0 Å². The predicted octanol–water partition coefficient (Wildman–Crippen LogP) is 1.67. The zero-order valence-electron chi connectivity index (χ0n) is 9.17. The lowest BCUT2D eigenvalue weighted by molar-refractivity contribution is -0.144. The second kappa shape index (κ2) is 6.89. The van der Waals surface area contributed by atoms with Crippen molar-refractivity contribution in [3.8, 4) is 0 Å². The van der Waals surface area contributed by atoms with Crippen LogP contribution >= 0.6 is 0 Å². The zero-order valence-corrected chi connectivity index (χ0v) is 9.17. The van der Waals surface area contributed by atoms with E-state index in [2.05, 4.69) is 18.7 Å². The Balaban J connectivity index is 3.82. The third kappa shape index (κ3) is 4.88. The van der Waals surface area contributed by atoms with Crippen LogP contribution in [0.15, 0.2) is 0 Å². The van der Waals surface area contributed by atoms with Crippen molar-refractivity contribution in [2.24, 2.45) is 0 Å². The Hall–Kier alpha value is -0.570. The molecule has 0 aliphatic rings. The molecular weight excluding hydrogens is 166 g/mol. The first-order valence-electron chi connectivity index (χ1n) is 5.01. The summed E-state index contributed by atoms with van der Waals surface area (Å²) in [4.78, 5) is 13.2. The topological polar surface area (TPSA) is 29.5 Å². The van der Waals surface area contributed by atoms with E-state index < -0.39 is 0 Å². The highest BCUT2D eigenvalue weighted by Crippen LogP contribution is 2.05. The van der Waals surface area contributed by atoms with Gasteiger partial charge in [0, 0.05) is 6.04 Å². The summed E-state index contributed by atoms with van der Waals surface area (Å²) in [7, 11) is 1.97. The Morgan fingerprint density at radius 1 is 1.31 bits per heavy atom. The molecule has 0 spiro atoms. The number of hydrogen-bond acceptors (Lipinski definition) is 3. The Kier molecular flexibility index (Phi) is 6.59. The second-order valence-electron chi connectivity index (χ2n) is 3.19. The molecule has 0 saturated carbocycles. The summed E-state index contributed by atoms with van der Waals surface area (Å²) in [6.45, 7) is 6.97. The molecule has 0 aromatic rings. The van der Waals surface area contributed by atoms with Gasteiger partial charge >= 0.3 is 5.97 Å². The number of hydrogen-bond donors (Lipinski definition) is 0. The molecule has 0 rings (SSSR count). The van der Waals surface area contributed by atoms with Gasteiger partial charge in [0.1, 0.15) is 0 Å². The largest absolute Gasteiger partial charge is 0.465 e. The maximum absolute atomic E-state index is 11.1. The number of carbonyl (C=O) groups excluding carboxylic acids is 1. The summed E-state index contributed by atoms with van der Waals surface area (Å²) in [5.41, 5.74) is 0. The average molecular weight is 187 g/mol. The molecule has 0 fully saturated rings. The van der Waals surface area contributed by atoms with Gasteiger partial charge in [0.2, 0.25) is 0 Å². The number of likely N-dealkylation sites (N-methyl/N-ethyl adjacent to an activating group) is 1. The first-order valence-corrected chi connectivity index (χ1v) is 5.01. The van der Waals surface area contributed by atoms with Gasteiger partial charge in [-0.2, -0.15) is 0 Å². The van der Waals surface area contributed by atoms with E-state index in [9.17, 15) is 4.79 Å². The maximum atomic E-state index is 11.1. The molecule has 0 amide bonds. The van der Waals surface area contributed by atoms with Crippen molar-refractivity contribution >= 4 is 5.97 Å². The van der Waals surface area contributed by atoms with E-state index in [1.807, 2.05) is 14.0 Å². The van der Waals surface area contributed by atoms with Crippen LogP contribution in [0.5, 0.6) is 0 Å². The van der Waals surface area contributed by atoms with Gasteiger partial charge in [-0.05, 0) is 26.8 Å². The van der Waals surface area contributed by atoms with Gasteiger partial charge in [0.15, 0.2) is 0 Å². The number of esters is 1. The fraction of sp³-hybridized carbons (Fsp3) is 0.900. The van der Waals surface area contributed by atoms with Crippen molar-refractivity contribution < 1.29 is 9.53 Å².